The number of rotatable bonds is 5. The third kappa shape index (κ3) is 3.42. The summed E-state index contributed by atoms with van der Waals surface area (Å²) in [6.45, 7) is 5.85. The lowest BCUT2D eigenvalue weighted by atomic mass is 10.1. The molecule has 0 aliphatic heterocycles. The van der Waals surface area contributed by atoms with E-state index in [2.05, 4.69) is 5.10 Å². The van der Waals surface area contributed by atoms with Crippen LogP contribution >= 0.6 is 0 Å². The van der Waals surface area contributed by atoms with Gasteiger partial charge in [0, 0.05) is 18.7 Å². The molecular weight excluding hydrogens is 269 g/mol. The predicted molar refractivity (Wildman–Crippen MR) is 81.1 cm³/mol. The van der Waals surface area contributed by atoms with E-state index < -0.39 is 0 Å². The Morgan fingerprint density at radius 2 is 2.10 bits per heavy atom. The van der Waals surface area contributed by atoms with Crippen molar-refractivity contribution in [2.45, 2.75) is 39.7 Å². The lowest BCUT2D eigenvalue weighted by molar-refractivity contribution is 0.398. The van der Waals surface area contributed by atoms with E-state index in [1.54, 1.807) is 23.9 Å². The Kier molecular flexibility index (Phi) is 4.63. The second-order valence-corrected chi connectivity index (χ2v) is 5.40. The Morgan fingerprint density at radius 3 is 2.76 bits per heavy atom. The lowest BCUT2D eigenvalue weighted by Crippen LogP contribution is -2.21. The monoisotopic (exact) mass is 291 g/mol. The van der Waals surface area contributed by atoms with Crippen LogP contribution in [0.1, 0.15) is 30.2 Å². The second kappa shape index (κ2) is 6.26. The molecule has 0 aliphatic rings. The molecule has 1 heterocycles. The van der Waals surface area contributed by atoms with Gasteiger partial charge in [0.1, 0.15) is 0 Å². The van der Waals surface area contributed by atoms with Gasteiger partial charge in [-0.1, -0.05) is 13.0 Å². The fourth-order valence-electron chi connectivity index (χ4n) is 2.24. The molecule has 0 fully saturated rings. The number of ether oxygens (including phenoxy) is 1. The summed E-state index contributed by atoms with van der Waals surface area (Å²) in [5.74, 6) is 0.385. The van der Waals surface area contributed by atoms with Gasteiger partial charge < -0.3 is 10.5 Å². The fourth-order valence-corrected chi connectivity index (χ4v) is 2.24. The summed E-state index contributed by atoms with van der Waals surface area (Å²) in [4.78, 5) is 0. The first-order chi connectivity index (χ1) is 9.92. The molecule has 1 unspecified atom stereocenters. The van der Waals surface area contributed by atoms with Crippen LogP contribution in [0, 0.1) is 19.7 Å². The average Bonchev–Trinajstić information content (AvgIpc) is 2.69. The molecule has 21 heavy (non-hydrogen) atoms. The Bertz CT molecular complexity index is 637. The molecule has 114 valence electrons. The van der Waals surface area contributed by atoms with Gasteiger partial charge in [-0.05, 0) is 44.4 Å². The third-order valence-electron chi connectivity index (χ3n) is 3.57. The van der Waals surface area contributed by atoms with Gasteiger partial charge >= 0.3 is 0 Å². The molecule has 1 aromatic heterocycles. The number of benzene rings is 1. The smallest absolute Gasteiger partial charge is 0.221 e. The summed E-state index contributed by atoms with van der Waals surface area (Å²) in [6.07, 6.45) is 1.53. The van der Waals surface area contributed by atoms with Crippen molar-refractivity contribution in [3.05, 3.63) is 40.8 Å². The average molecular weight is 291 g/mol. The van der Waals surface area contributed by atoms with E-state index in [4.69, 9.17) is 10.5 Å². The summed E-state index contributed by atoms with van der Waals surface area (Å²) in [5, 5.41) is 4.36. The van der Waals surface area contributed by atoms with E-state index in [-0.39, 0.29) is 17.6 Å². The Balaban J connectivity index is 2.37. The molecular formula is C16H22FN3O. The van der Waals surface area contributed by atoms with Crippen molar-refractivity contribution in [3.63, 3.8) is 0 Å². The summed E-state index contributed by atoms with van der Waals surface area (Å²) in [5.41, 5.74) is 8.78. The number of nitrogens with two attached hydrogens (primary N) is 1. The van der Waals surface area contributed by atoms with Crippen LogP contribution in [0.15, 0.2) is 18.2 Å². The van der Waals surface area contributed by atoms with E-state index in [0.717, 1.165) is 23.2 Å². The van der Waals surface area contributed by atoms with Crippen molar-refractivity contribution in [3.8, 4) is 11.6 Å². The largest absolute Gasteiger partial charge is 0.436 e. The van der Waals surface area contributed by atoms with Gasteiger partial charge in [-0.3, -0.25) is 0 Å². The SMILES string of the molecule is CCC(N)Cc1c(C)nn(C)c1Oc1cc(C)ccc1F. The van der Waals surface area contributed by atoms with Gasteiger partial charge in [0.2, 0.25) is 5.88 Å². The number of nitrogens with zero attached hydrogens (tertiary/aromatic N) is 2. The van der Waals surface area contributed by atoms with E-state index in [1.165, 1.54) is 6.07 Å². The lowest BCUT2D eigenvalue weighted by Gasteiger charge is -2.12. The van der Waals surface area contributed by atoms with Crippen LogP contribution in [0.5, 0.6) is 11.6 Å². The zero-order valence-corrected chi connectivity index (χ0v) is 13.0. The van der Waals surface area contributed by atoms with Crippen LogP contribution in [-0.4, -0.2) is 15.8 Å². The molecule has 2 N–H and O–H groups in total. The Hall–Kier alpha value is -1.88. The van der Waals surface area contributed by atoms with Gasteiger partial charge in [0.05, 0.1) is 5.69 Å². The zero-order valence-electron chi connectivity index (χ0n) is 13.0. The summed E-state index contributed by atoms with van der Waals surface area (Å²) >= 11 is 0. The highest BCUT2D eigenvalue weighted by Gasteiger charge is 2.19. The zero-order chi connectivity index (χ0) is 15.6. The first-order valence-electron chi connectivity index (χ1n) is 7.14. The molecule has 0 spiro atoms. The third-order valence-corrected chi connectivity index (χ3v) is 3.57. The molecule has 4 nitrogen and oxygen atoms in total. The molecule has 0 bridgehead atoms. The molecule has 0 aliphatic carbocycles. The quantitative estimate of drug-likeness (QED) is 0.920. The molecule has 0 saturated carbocycles. The molecule has 1 aromatic carbocycles. The van der Waals surface area contributed by atoms with Crippen LogP contribution in [0.3, 0.4) is 0 Å². The van der Waals surface area contributed by atoms with E-state index >= 15 is 0 Å². The van der Waals surface area contributed by atoms with E-state index in [0.29, 0.717) is 12.3 Å². The predicted octanol–water partition coefficient (Wildman–Crippen LogP) is 3.25. The highest BCUT2D eigenvalue weighted by molar-refractivity contribution is 5.38. The summed E-state index contributed by atoms with van der Waals surface area (Å²) in [7, 11) is 1.79. The van der Waals surface area contributed by atoms with Crippen molar-refractivity contribution in [2.24, 2.45) is 12.8 Å². The summed E-state index contributed by atoms with van der Waals surface area (Å²) in [6, 6.07) is 4.84. The molecule has 2 aromatic rings. The fraction of sp³-hybridized carbons (Fsp3) is 0.438. The minimum absolute atomic E-state index is 0.0395. The second-order valence-electron chi connectivity index (χ2n) is 5.40. The molecule has 0 saturated heterocycles. The molecule has 2 rings (SSSR count). The molecule has 0 amide bonds. The first kappa shape index (κ1) is 15.5. The number of hydrogen-bond donors (Lipinski definition) is 1. The number of aryl methyl sites for hydroxylation is 3. The van der Waals surface area contributed by atoms with Gasteiger partial charge in [0.15, 0.2) is 11.6 Å². The van der Waals surface area contributed by atoms with E-state index in [1.807, 2.05) is 20.8 Å². The van der Waals surface area contributed by atoms with Crippen molar-refractivity contribution >= 4 is 0 Å². The van der Waals surface area contributed by atoms with Gasteiger partial charge in [-0.15, -0.1) is 0 Å². The standard InChI is InChI=1S/C16H22FN3O/c1-5-12(18)9-13-11(3)19-20(4)16(13)21-15-8-10(2)6-7-14(15)17/h6-8,12H,5,9,18H2,1-4H3. The topological polar surface area (TPSA) is 53.1 Å². The van der Waals surface area contributed by atoms with E-state index in [9.17, 15) is 4.39 Å². The summed E-state index contributed by atoms with van der Waals surface area (Å²) < 4.78 is 21.3. The Labute approximate surface area is 124 Å². The maximum atomic E-state index is 13.9. The van der Waals surface area contributed by atoms with Gasteiger partial charge in [-0.25, -0.2) is 9.07 Å². The van der Waals surface area contributed by atoms with Gasteiger partial charge in [-0.2, -0.15) is 5.10 Å². The van der Waals surface area contributed by atoms with Crippen LogP contribution in [-0.2, 0) is 13.5 Å². The van der Waals surface area contributed by atoms with Crippen LogP contribution < -0.4 is 10.5 Å². The van der Waals surface area contributed by atoms with Gasteiger partial charge in [0.25, 0.3) is 0 Å². The molecule has 1 atom stereocenters. The number of aromatic nitrogens is 2. The number of hydrogen-bond acceptors (Lipinski definition) is 3. The minimum atomic E-state index is -0.384. The van der Waals surface area contributed by atoms with Crippen molar-refractivity contribution < 1.29 is 9.13 Å². The normalized spacial score (nSPS) is 12.5. The van der Waals surface area contributed by atoms with Crippen molar-refractivity contribution in [2.75, 3.05) is 0 Å². The first-order valence-corrected chi connectivity index (χ1v) is 7.14. The van der Waals surface area contributed by atoms with Crippen LogP contribution in [0.25, 0.3) is 0 Å². The maximum Gasteiger partial charge on any atom is 0.221 e. The molecule has 0 radical (unpaired) electrons. The number of halogens is 1. The van der Waals surface area contributed by atoms with Crippen molar-refractivity contribution in [1.29, 1.82) is 0 Å². The maximum absolute atomic E-state index is 13.9. The molecule has 5 heteroatoms. The Morgan fingerprint density at radius 1 is 1.38 bits per heavy atom. The highest BCUT2D eigenvalue weighted by Crippen LogP contribution is 2.30. The van der Waals surface area contributed by atoms with Crippen LogP contribution in [0.2, 0.25) is 0 Å². The van der Waals surface area contributed by atoms with Crippen LogP contribution in [0.4, 0.5) is 4.39 Å². The highest BCUT2D eigenvalue weighted by atomic mass is 19.1. The minimum Gasteiger partial charge on any atom is -0.436 e. The van der Waals surface area contributed by atoms with Crippen molar-refractivity contribution in [1.82, 2.24) is 9.78 Å².